The molecule has 1 aliphatic carbocycles. The highest BCUT2D eigenvalue weighted by Gasteiger charge is 2.32. The van der Waals surface area contributed by atoms with Gasteiger partial charge in [0.05, 0.1) is 0 Å². The lowest BCUT2D eigenvalue weighted by molar-refractivity contribution is 0.0737. The summed E-state index contributed by atoms with van der Waals surface area (Å²) in [5.41, 5.74) is 1.53. The largest absolute Gasteiger partial charge is 0.396 e. The summed E-state index contributed by atoms with van der Waals surface area (Å²) in [7, 11) is 0. The van der Waals surface area contributed by atoms with Gasteiger partial charge in [-0.2, -0.15) is 5.10 Å². The Hall–Kier alpha value is -2.21. The third kappa shape index (κ3) is 3.33. The Morgan fingerprint density at radius 1 is 1.36 bits per heavy atom. The second-order valence-electron chi connectivity index (χ2n) is 5.58. The zero-order valence-electron chi connectivity index (χ0n) is 12.4. The van der Waals surface area contributed by atoms with Gasteiger partial charge in [0.2, 0.25) is 0 Å². The number of nitrogens with one attached hydrogen (secondary N) is 1. The molecule has 0 aliphatic heterocycles. The van der Waals surface area contributed by atoms with Crippen LogP contribution in [0.25, 0.3) is 11.4 Å². The first-order valence-electron chi connectivity index (χ1n) is 7.67. The summed E-state index contributed by atoms with van der Waals surface area (Å²) in [5.74, 6) is 0.717. The van der Waals surface area contributed by atoms with Crippen LogP contribution in [-0.2, 0) is 0 Å². The normalized spacial score (nSPS) is 14.0. The van der Waals surface area contributed by atoms with Crippen molar-refractivity contribution in [3.05, 3.63) is 36.2 Å². The van der Waals surface area contributed by atoms with Gasteiger partial charge >= 0.3 is 0 Å². The lowest BCUT2D eigenvalue weighted by Crippen LogP contribution is -2.34. The van der Waals surface area contributed by atoms with Gasteiger partial charge in [0.15, 0.2) is 5.82 Å². The number of rotatable bonds is 7. The number of amides is 1. The van der Waals surface area contributed by atoms with Crippen molar-refractivity contribution in [2.45, 2.75) is 31.7 Å². The molecule has 2 N–H and O–H groups in total. The van der Waals surface area contributed by atoms with Crippen LogP contribution in [0.5, 0.6) is 0 Å². The van der Waals surface area contributed by atoms with Crippen molar-refractivity contribution in [3.63, 3.8) is 0 Å². The van der Waals surface area contributed by atoms with E-state index in [-0.39, 0.29) is 12.5 Å². The molecular weight excluding hydrogens is 280 g/mol. The summed E-state index contributed by atoms with van der Waals surface area (Å²) in [6.45, 7) is 0.879. The molecule has 116 valence electrons. The Balaban J connectivity index is 1.76. The number of hydrogen-bond acceptors (Lipinski definition) is 4. The lowest BCUT2D eigenvalue weighted by Gasteiger charge is -2.22. The Morgan fingerprint density at radius 3 is 2.91 bits per heavy atom. The number of unbranched alkanes of at least 4 members (excludes halogenated alkanes) is 1. The molecule has 0 atom stereocenters. The van der Waals surface area contributed by atoms with E-state index in [1.165, 1.54) is 6.33 Å². The zero-order chi connectivity index (χ0) is 15.4. The molecule has 1 heterocycles. The fraction of sp³-hybridized carbons (Fsp3) is 0.438. The number of carbonyl (C=O) groups is 1. The molecule has 2 aromatic rings. The molecule has 0 bridgehead atoms. The average molecular weight is 300 g/mol. The van der Waals surface area contributed by atoms with Crippen molar-refractivity contribution in [1.29, 1.82) is 0 Å². The van der Waals surface area contributed by atoms with E-state index in [1.54, 1.807) is 0 Å². The standard InChI is InChI=1S/C16H20N4O2/c21-9-2-1-8-20(14-6-7-14)16(22)13-5-3-4-12(10-13)15-17-11-18-19-15/h3-5,10-11,14,21H,1-2,6-9H2,(H,17,18,19). The van der Waals surface area contributed by atoms with Crippen molar-refractivity contribution in [2.75, 3.05) is 13.2 Å². The number of benzene rings is 1. The summed E-state index contributed by atoms with van der Waals surface area (Å²) in [5, 5.41) is 15.6. The van der Waals surface area contributed by atoms with Crippen LogP contribution in [0.2, 0.25) is 0 Å². The molecule has 1 aromatic heterocycles. The van der Waals surface area contributed by atoms with E-state index in [9.17, 15) is 4.79 Å². The van der Waals surface area contributed by atoms with Gasteiger partial charge in [-0.3, -0.25) is 9.89 Å². The van der Waals surface area contributed by atoms with E-state index in [2.05, 4.69) is 15.2 Å². The van der Waals surface area contributed by atoms with Gasteiger partial charge in [-0.25, -0.2) is 4.98 Å². The molecule has 0 radical (unpaired) electrons. The Kier molecular flexibility index (Phi) is 4.48. The van der Waals surface area contributed by atoms with Crippen molar-refractivity contribution in [1.82, 2.24) is 20.1 Å². The van der Waals surface area contributed by atoms with E-state index in [1.807, 2.05) is 29.2 Å². The van der Waals surface area contributed by atoms with Crippen molar-refractivity contribution in [3.8, 4) is 11.4 Å². The summed E-state index contributed by atoms with van der Waals surface area (Å²) in [6.07, 6.45) is 5.17. The predicted octanol–water partition coefficient (Wildman–Crippen LogP) is 1.85. The minimum absolute atomic E-state index is 0.0572. The van der Waals surface area contributed by atoms with Gasteiger partial charge < -0.3 is 10.0 Å². The highest BCUT2D eigenvalue weighted by Crippen LogP contribution is 2.29. The molecule has 6 heteroatoms. The van der Waals surface area contributed by atoms with E-state index in [0.29, 0.717) is 24.0 Å². The minimum atomic E-state index is 0.0572. The summed E-state index contributed by atoms with van der Waals surface area (Å²) in [4.78, 5) is 18.8. The number of aliphatic hydroxyl groups is 1. The van der Waals surface area contributed by atoms with E-state index in [4.69, 9.17) is 5.11 Å². The van der Waals surface area contributed by atoms with Crippen LogP contribution >= 0.6 is 0 Å². The summed E-state index contributed by atoms with van der Waals surface area (Å²) < 4.78 is 0. The van der Waals surface area contributed by atoms with Crippen molar-refractivity contribution >= 4 is 5.91 Å². The first kappa shape index (κ1) is 14.7. The molecule has 0 saturated heterocycles. The third-order valence-electron chi connectivity index (χ3n) is 3.85. The fourth-order valence-corrected chi connectivity index (χ4v) is 2.54. The average Bonchev–Trinajstić information content (AvgIpc) is 3.24. The lowest BCUT2D eigenvalue weighted by atomic mass is 10.1. The maximum absolute atomic E-state index is 12.8. The summed E-state index contributed by atoms with van der Waals surface area (Å²) in [6, 6.07) is 7.82. The first-order chi connectivity index (χ1) is 10.8. The maximum Gasteiger partial charge on any atom is 0.254 e. The Labute approximate surface area is 129 Å². The van der Waals surface area contributed by atoms with Crippen LogP contribution in [-0.4, -0.2) is 50.3 Å². The van der Waals surface area contributed by atoms with Crippen LogP contribution in [0.1, 0.15) is 36.0 Å². The SMILES string of the molecule is O=C(c1cccc(-c2ncn[nH]2)c1)N(CCCCO)C1CC1. The molecule has 22 heavy (non-hydrogen) atoms. The van der Waals surface area contributed by atoms with Crippen LogP contribution in [0.3, 0.4) is 0 Å². The molecule has 0 spiro atoms. The molecule has 1 saturated carbocycles. The fourth-order valence-electron chi connectivity index (χ4n) is 2.54. The van der Waals surface area contributed by atoms with Crippen LogP contribution < -0.4 is 0 Å². The number of aliphatic hydroxyl groups excluding tert-OH is 1. The van der Waals surface area contributed by atoms with Gasteiger partial charge in [0.25, 0.3) is 5.91 Å². The molecule has 1 amide bonds. The number of aromatic amines is 1. The highest BCUT2D eigenvalue weighted by atomic mass is 16.3. The maximum atomic E-state index is 12.8. The Morgan fingerprint density at radius 2 is 2.23 bits per heavy atom. The van der Waals surface area contributed by atoms with Crippen molar-refractivity contribution < 1.29 is 9.90 Å². The van der Waals surface area contributed by atoms with Gasteiger partial charge in [-0.15, -0.1) is 0 Å². The van der Waals surface area contributed by atoms with Crippen LogP contribution in [0.4, 0.5) is 0 Å². The monoisotopic (exact) mass is 300 g/mol. The Bertz CT molecular complexity index is 623. The smallest absolute Gasteiger partial charge is 0.254 e. The van der Waals surface area contributed by atoms with Crippen LogP contribution in [0.15, 0.2) is 30.6 Å². The second-order valence-corrected chi connectivity index (χ2v) is 5.58. The molecular formula is C16H20N4O2. The summed E-state index contributed by atoms with van der Waals surface area (Å²) >= 11 is 0. The first-order valence-corrected chi connectivity index (χ1v) is 7.67. The number of nitrogens with zero attached hydrogens (tertiary/aromatic N) is 3. The van der Waals surface area contributed by atoms with Gasteiger partial charge in [0.1, 0.15) is 6.33 Å². The molecule has 1 aliphatic rings. The molecule has 6 nitrogen and oxygen atoms in total. The molecule has 0 unspecified atom stereocenters. The van der Waals surface area contributed by atoms with Gasteiger partial charge in [0, 0.05) is 30.3 Å². The van der Waals surface area contributed by atoms with E-state index >= 15 is 0 Å². The van der Waals surface area contributed by atoms with E-state index < -0.39 is 0 Å². The quantitative estimate of drug-likeness (QED) is 0.765. The van der Waals surface area contributed by atoms with Gasteiger partial charge in [-0.05, 0) is 37.8 Å². The minimum Gasteiger partial charge on any atom is -0.396 e. The topological polar surface area (TPSA) is 82.1 Å². The second kappa shape index (κ2) is 6.70. The zero-order valence-corrected chi connectivity index (χ0v) is 12.4. The van der Waals surface area contributed by atoms with Gasteiger partial charge in [-0.1, -0.05) is 12.1 Å². The number of aromatic nitrogens is 3. The van der Waals surface area contributed by atoms with E-state index in [0.717, 1.165) is 31.2 Å². The number of hydrogen-bond donors (Lipinski definition) is 2. The van der Waals surface area contributed by atoms with Crippen LogP contribution in [0, 0.1) is 0 Å². The van der Waals surface area contributed by atoms with Crippen molar-refractivity contribution in [2.24, 2.45) is 0 Å². The highest BCUT2D eigenvalue weighted by molar-refractivity contribution is 5.95. The number of H-pyrrole nitrogens is 1. The molecule has 1 aromatic carbocycles. The number of carbonyl (C=O) groups excluding carboxylic acids is 1. The predicted molar refractivity (Wildman–Crippen MR) is 82.2 cm³/mol. The molecule has 3 rings (SSSR count). The third-order valence-corrected chi connectivity index (χ3v) is 3.85. The molecule has 1 fully saturated rings.